The number of nitrogens with two attached hydrogens (primary N) is 1. The van der Waals surface area contributed by atoms with Crippen LogP contribution in [-0.4, -0.2) is 52.3 Å². The van der Waals surface area contributed by atoms with Gasteiger partial charge in [0, 0.05) is 31.5 Å². The monoisotopic (exact) mass is 472 g/mol. The lowest BCUT2D eigenvalue weighted by molar-refractivity contribution is -0.134. The van der Waals surface area contributed by atoms with Crippen LogP contribution >= 0.6 is 0 Å². The molecule has 7 heteroatoms. The summed E-state index contributed by atoms with van der Waals surface area (Å²) in [6.07, 6.45) is 1.52. The van der Waals surface area contributed by atoms with Gasteiger partial charge in [0.05, 0.1) is 6.04 Å². The van der Waals surface area contributed by atoms with Crippen LogP contribution in [0.25, 0.3) is 0 Å². The molecule has 0 unspecified atom stereocenters. The predicted molar refractivity (Wildman–Crippen MR) is 133 cm³/mol. The normalized spacial score (nSPS) is 23.0. The molecule has 0 saturated carbocycles. The lowest BCUT2D eigenvalue weighted by Gasteiger charge is -2.27. The zero-order valence-corrected chi connectivity index (χ0v) is 20.3. The first-order chi connectivity index (χ1) is 16.9. The SMILES string of the molecule is Cc1oc([C@H](C)N)nc1C(=O)N1C[C@@H](c2ccccc2)C[C@H]1C(=O)N1CC[C@H](c2ccccc2)C1. The Bertz CT molecular complexity index is 1190. The summed E-state index contributed by atoms with van der Waals surface area (Å²) >= 11 is 0. The molecule has 3 heterocycles. The quantitative estimate of drug-likeness (QED) is 0.606. The van der Waals surface area contributed by atoms with Gasteiger partial charge in [0.1, 0.15) is 11.8 Å². The van der Waals surface area contributed by atoms with Crippen LogP contribution in [0.1, 0.15) is 70.9 Å². The predicted octanol–water partition coefficient (Wildman–Crippen LogP) is 4.02. The summed E-state index contributed by atoms with van der Waals surface area (Å²) in [6, 6.07) is 19.5. The van der Waals surface area contributed by atoms with Crippen molar-refractivity contribution in [3.63, 3.8) is 0 Å². The van der Waals surface area contributed by atoms with Crippen molar-refractivity contribution < 1.29 is 14.0 Å². The standard InChI is InChI=1S/C28H32N4O3/c1-18(29)26-30-25(19(2)35-26)28(34)32-17-23(21-11-7-4-8-12-21)15-24(32)27(33)31-14-13-22(16-31)20-9-5-3-6-10-20/h3-12,18,22-24H,13-17,29H2,1-2H3/t18-,22-,23-,24-/m0/s1. The zero-order valence-electron chi connectivity index (χ0n) is 20.3. The number of nitrogens with zero attached hydrogens (tertiary/aromatic N) is 3. The number of amides is 2. The number of oxazole rings is 1. The van der Waals surface area contributed by atoms with E-state index in [-0.39, 0.29) is 23.4 Å². The second-order valence-corrected chi connectivity index (χ2v) is 9.74. The van der Waals surface area contributed by atoms with Crippen molar-refractivity contribution in [1.82, 2.24) is 14.8 Å². The summed E-state index contributed by atoms with van der Waals surface area (Å²) in [5.74, 6) is 0.918. The van der Waals surface area contributed by atoms with Gasteiger partial charge in [-0.15, -0.1) is 0 Å². The molecule has 5 rings (SSSR count). The molecule has 3 aromatic rings. The number of carbonyl (C=O) groups is 2. The number of hydrogen-bond donors (Lipinski definition) is 1. The molecule has 1 aromatic heterocycles. The number of aromatic nitrogens is 1. The van der Waals surface area contributed by atoms with Gasteiger partial charge in [0.25, 0.3) is 5.91 Å². The molecule has 0 radical (unpaired) electrons. The maximum Gasteiger partial charge on any atom is 0.276 e. The average molecular weight is 473 g/mol. The van der Waals surface area contributed by atoms with Gasteiger partial charge >= 0.3 is 0 Å². The molecule has 4 atom stereocenters. The average Bonchev–Trinajstić information content (AvgIpc) is 3.63. The number of likely N-dealkylation sites (tertiary alicyclic amines) is 2. The van der Waals surface area contributed by atoms with Crippen molar-refractivity contribution >= 4 is 11.8 Å². The fourth-order valence-corrected chi connectivity index (χ4v) is 5.38. The van der Waals surface area contributed by atoms with Crippen molar-refractivity contribution in [3.8, 4) is 0 Å². The maximum atomic E-state index is 13.8. The van der Waals surface area contributed by atoms with Gasteiger partial charge in [-0.05, 0) is 37.8 Å². The van der Waals surface area contributed by atoms with Crippen molar-refractivity contribution in [2.75, 3.05) is 19.6 Å². The minimum Gasteiger partial charge on any atom is -0.443 e. The Labute approximate surface area is 205 Å². The Hall–Kier alpha value is -3.45. The molecule has 2 saturated heterocycles. The molecule has 0 aliphatic carbocycles. The largest absolute Gasteiger partial charge is 0.443 e. The van der Waals surface area contributed by atoms with Gasteiger partial charge in [0.2, 0.25) is 11.8 Å². The summed E-state index contributed by atoms with van der Waals surface area (Å²) < 4.78 is 5.65. The van der Waals surface area contributed by atoms with E-state index < -0.39 is 12.1 Å². The molecule has 2 fully saturated rings. The summed E-state index contributed by atoms with van der Waals surface area (Å²) in [7, 11) is 0. The van der Waals surface area contributed by atoms with Crippen LogP contribution in [-0.2, 0) is 4.79 Å². The van der Waals surface area contributed by atoms with Crippen LogP contribution in [0.15, 0.2) is 65.1 Å². The minimum absolute atomic E-state index is 0.0174. The highest BCUT2D eigenvalue weighted by Gasteiger charge is 2.44. The summed E-state index contributed by atoms with van der Waals surface area (Å²) in [6.45, 7) is 5.33. The molecule has 2 amide bonds. The third kappa shape index (κ3) is 4.60. The fourth-order valence-electron chi connectivity index (χ4n) is 5.38. The summed E-state index contributed by atoms with van der Waals surface area (Å²) in [5.41, 5.74) is 8.56. The van der Waals surface area contributed by atoms with Crippen LogP contribution in [0.5, 0.6) is 0 Å². The van der Waals surface area contributed by atoms with Crippen LogP contribution in [0.2, 0.25) is 0 Å². The van der Waals surface area contributed by atoms with Gasteiger partial charge < -0.3 is 20.0 Å². The van der Waals surface area contributed by atoms with Crippen LogP contribution in [0.4, 0.5) is 0 Å². The minimum atomic E-state index is -0.530. The first-order valence-electron chi connectivity index (χ1n) is 12.3. The Kier molecular flexibility index (Phi) is 6.43. The molecule has 182 valence electrons. The van der Waals surface area contributed by atoms with E-state index in [0.29, 0.717) is 43.6 Å². The van der Waals surface area contributed by atoms with E-state index in [1.165, 1.54) is 5.56 Å². The number of hydrogen-bond acceptors (Lipinski definition) is 5. The summed E-state index contributed by atoms with van der Waals surface area (Å²) in [5, 5.41) is 0. The molecular weight excluding hydrogens is 440 g/mol. The van der Waals surface area contributed by atoms with E-state index in [1.807, 2.05) is 41.3 Å². The van der Waals surface area contributed by atoms with E-state index in [1.54, 1.807) is 18.7 Å². The number of carbonyl (C=O) groups excluding carboxylic acids is 2. The Morgan fingerprint density at radius 1 is 1.00 bits per heavy atom. The second kappa shape index (κ2) is 9.66. The first kappa shape index (κ1) is 23.3. The number of aryl methyl sites for hydroxylation is 1. The van der Waals surface area contributed by atoms with Crippen molar-refractivity contribution in [2.45, 2.75) is 50.6 Å². The summed E-state index contributed by atoms with van der Waals surface area (Å²) in [4.78, 5) is 35.5. The number of benzene rings is 2. The van der Waals surface area contributed by atoms with Crippen LogP contribution < -0.4 is 5.73 Å². The fraction of sp³-hybridized carbons (Fsp3) is 0.393. The van der Waals surface area contributed by atoms with Crippen LogP contribution in [0.3, 0.4) is 0 Å². The van der Waals surface area contributed by atoms with Crippen molar-refractivity contribution in [1.29, 1.82) is 0 Å². The molecule has 2 aromatic carbocycles. The number of rotatable bonds is 5. The first-order valence-corrected chi connectivity index (χ1v) is 12.3. The smallest absolute Gasteiger partial charge is 0.276 e. The van der Waals surface area contributed by atoms with Crippen molar-refractivity contribution in [2.24, 2.45) is 5.73 Å². The lowest BCUT2D eigenvalue weighted by atomic mass is 9.96. The molecule has 35 heavy (non-hydrogen) atoms. The molecule has 7 nitrogen and oxygen atoms in total. The van der Waals surface area contributed by atoms with Gasteiger partial charge in [-0.3, -0.25) is 9.59 Å². The highest BCUT2D eigenvalue weighted by atomic mass is 16.4. The van der Waals surface area contributed by atoms with Gasteiger partial charge in [-0.25, -0.2) is 4.98 Å². The van der Waals surface area contributed by atoms with Crippen molar-refractivity contribution in [3.05, 3.63) is 89.1 Å². The van der Waals surface area contributed by atoms with E-state index in [9.17, 15) is 9.59 Å². The van der Waals surface area contributed by atoms with E-state index in [2.05, 4.69) is 29.2 Å². The molecule has 2 aliphatic heterocycles. The van der Waals surface area contributed by atoms with E-state index in [4.69, 9.17) is 10.2 Å². The second-order valence-electron chi connectivity index (χ2n) is 9.74. The van der Waals surface area contributed by atoms with Gasteiger partial charge in [-0.2, -0.15) is 0 Å². The van der Waals surface area contributed by atoms with E-state index >= 15 is 0 Å². The molecule has 0 bridgehead atoms. The highest BCUT2D eigenvalue weighted by molar-refractivity contribution is 5.97. The Balaban J connectivity index is 1.40. The topological polar surface area (TPSA) is 92.7 Å². The molecule has 2 aliphatic rings. The Morgan fingerprint density at radius 2 is 1.63 bits per heavy atom. The van der Waals surface area contributed by atoms with Gasteiger partial charge in [0.15, 0.2) is 5.69 Å². The zero-order chi connectivity index (χ0) is 24.5. The maximum absolute atomic E-state index is 13.8. The van der Waals surface area contributed by atoms with Gasteiger partial charge in [-0.1, -0.05) is 60.7 Å². The third-order valence-corrected chi connectivity index (χ3v) is 7.29. The molecular formula is C28H32N4O3. The molecule has 0 spiro atoms. The lowest BCUT2D eigenvalue weighted by Crippen LogP contribution is -2.47. The Morgan fingerprint density at radius 3 is 2.23 bits per heavy atom. The van der Waals surface area contributed by atoms with E-state index in [0.717, 1.165) is 12.0 Å². The highest BCUT2D eigenvalue weighted by Crippen LogP contribution is 2.36. The third-order valence-electron chi connectivity index (χ3n) is 7.29. The van der Waals surface area contributed by atoms with Crippen LogP contribution in [0, 0.1) is 6.92 Å². The molecule has 2 N–H and O–H groups in total.